The van der Waals surface area contributed by atoms with Crippen LogP contribution in [0.25, 0.3) is 0 Å². The van der Waals surface area contributed by atoms with Gasteiger partial charge in [-0.15, -0.1) is 0 Å². The van der Waals surface area contributed by atoms with Gasteiger partial charge in [0.1, 0.15) is 0 Å². The van der Waals surface area contributed by atoms with E-state index in [1.54, 1.807) is 36.0 Å². The summed E-state index contributed by atoms with van der Waals surface area (Å²) < 4.78 is 1.77. The lowest BCUT2D eigenvalue weighted by Gasteiger charge is -2.31. The number of likely N-dealkylation sites (tertiary alicyclic amines) is 1. The Bertz CT molecular complexity index is 771. The lowest BCUT2D eigenvalue weighted by atomic mass is 9.90. The molecule has 1 aliphatic heterocycles. The maximum Gasteiger partial charge on any atom is 0.289 e. The molecule has 1 aromatic carbocycles. The van der Waals surface area contributed by atoms with Crippen molar-refractivity contribution in [3.63, 3.8) is 0 Å². The molecule has 6 nitrogen and oxygen atoms in total. The highest BCUT2D eigenvalue weighted by Crippen LogP contribution is 2.23. The van der Waals surface area contributed by atoms with Crippen LogP contribution in [0.15, 0.2) is 36.7 Å². The molecular weight excluding hydrogens is 328 g/mol. The Labute approximate surface area is 154 Å². The Balaban J connectivity index is 1.53. The van der Waals surface area contributed by atoms with Gasteiger partial charge in [0, 0.05) is 52.2 Å². The summed E-state index contributed by atoms with van der Waals surface area (Å²) in [6, 6.07) is 7.89. The third-order valence-electron chi connectivity index (χ3n) is 5.05. The molecule has 0 aliphatic carbocycles. The van der Waals surface area contributed by atoms with E-state index in [1.807, 2.05) is 36.2 Å². The molecule has 2 aromatic rings. The number of nitrogens with zero attached hydrogens (tertiary/aromatic N) is 4. The first-order chi connectivity index (χ1) is 12.5. The molecule has 0 radical (unpaired) electrons. The molecular formula is C20H26N4O2. The second-order valence-electron chi connectivity index (χ2n) is 7.20. The van der Waals surface area contributed by atoms with E-state index in [1.165, 1.54) is 5.56 Å². The smallest absolute Gasteiger partial charge is 0.289 e. The number of imidazole rings is 1. The number of carbonyl (C=O) groups excluding carboxylic acids is 2. The molecule has 6 heteroatoms. The zero-order valence-electron chi connectivity index (χ0n) is 15.7. The van der Waals surface area contributed by atoms with Crippen molar-refractivity contribution >= 4 is 11.8 Å². The minimum atomic E-state index is 0.0162. The van der Waals surface area contributed by atoms with Gasteiger partial charge in [0.2, 0.25) is 0 Å². The van der Waals surface area contributed by atoms with Crippen LogP contribution in [0.5, 0.6) is 0 Å². The van der Waals surface area contributed by atoms with Crippen molar-refractivity contribution in [1.82, 2.24) is 19.4 Å². The van der Waals surface area contributed by atoms with Crippen LogP contribution in [-0.4, -0.2) is 58.4 Å². The molecule has 1 saturated heterocycles. The van der Waals surface area contributed by atoms with E-state index in [0.717, 1.165) is 32.4 Å². The summed E-state index contributed by atoms with van der Waals surface area (Å²) in [4.78, 5) is 32.1. The van der Waals surface area contributed by atoms with Gasteiger partial charge in [-0.05, 0) is 42.9 Å². The van der Waals surface area contributed by atoms with E-state index in [4.69, 9.17) is 0 Å². The molecule has 1 fully saturated rings. The number of hydrogen-bond acceptors (Lipinski definition) is 3. The van der Waals surface area contributed by atoms with E-state index in [0.29, 0.717) is 17.3 Å². The standard InChI is InChI=1S/C20H26N4O2/c1-22(2)19(25)17-6-4-15(5-7-17)14-16-8-11-24(12-9-16)20(26)18-21-10-13-23(18)3/h4-7,10,13,16H,8-9,11-12,14H2,1-3H3. The highest BCUT2D eigenvalue weighted by atomic mass is 16.2. The minimum Gasteiger partial charge on any atom is -0.345 e. The largest absolute Gasteiger partial charge is 0.345 e. The van der Waals surface area contributed by atoms with Crippen LogP contribution in [-0.2, 0) is 13.5 Å². The molecule has 0 saturated carbocycles. The molecule has 138 valence electrons. The molecule has 3 rings (SSSR count). The molecule has 0 unspecified atom stereocenters. The molecule has 26 heavy (non-hydrogen) atoms. The summed E-state index contributed by atoms with van der Waals surface area (Å²) in [5.74, 6) is 1.11. The van der Waals surface area contributed by atoms with Gasteiger partial charge < -0.3 is 14.4 Å². The quantitative estimate of drug-likeness (QED) is 0.846. The van der Waals surface area contributed by atoms with Crippen molar-refractivity contribution in [3.8, 4) is 0 Å². The second kappa shape index (κ2) is 7.72. The molecule has 1 aliphatic rings. The Kier molecular flexibility index (Phi) is 5.40. The minimum absolute atomic E-state index is 0.0162. The fraction of sp³-hybridized carbons (Fsp3) is 0.450. The maximum absolute atomic E-state index is 12.5. The number of benzene rings is 1. The Morgan fingerprint density at radius 2 is 1.81 bits per heavy atom. The van der Waals surface area contributed by atoms with Crippen molar-refractivity contribution in [3.05, 3.63) is 53.6 Å². The Morgan fingerprint density at radius 1 is 1.15 bits per heavy atom. The highest BCUT2D eigenvalue weighted by molar-refractivity contribution is 5.93. The molecule has 2 amide bonds. The van der Waals surface area contributed by atoms with Crippen molar-refractivity contribution in [2.45, 2.75) is 19.3 Å². The van der Waals surface area contributed by atoms with Crippen LogP contribution < -0.4 is 0 Å². The number of carbonyl (C=O) groups is 2. The highest BCUT2D eigenvalue weighted by Gasteiger charge is 2.25. The number of piperidine rings is 1. The first-order valence-electron chi connectivity index (χ1n) is 9.03. The lowest BCUT2D eigenvalue weighted by molar-refractivity contribution is 0.0674. The van der Waals surface area contributed by atoms with Gasteiger partial charge in [-0.25, -0.2) is 4.98 Å². The topological polar surface area (TPSA) is 58.4 Å². The summed E-state index contributed by atoms with van der Waals surface area (Å²) in [5.41, 5.74) is 1.96. The van der Waals surface area contributed by atoms with Gasteiger partial charge in [0.15, 0.2) is 5.82 Å². The third-order valence-corrected chi connectivity index (χ3v) is 5.05. The number of amides is 2. The third kappa shape index (κ3) is 3.95. The normalized spacial score (nSPS) is 15.1. The van der Waals surface area contributed by atoms with E-state index in [2.05, 4.69) is 4.98 Å². The van der Waals surface area contributed by atoms with Crippen molar-refractivity contribution in [1.29, 1.82) is 0 Å². The van der Waals surface area contributed by atoms with Gasteiger partial charge in [-0.2, -0.15) is 0 Å². The Hall–Kier alpha value is -2.63. The van der Waals surface area contributed by atoms with E-state index in [-0.39, 0.29) is 11.8 Å². The predicted molar refractivity (Wildman–Crippen MR) is 100.0 cm³/mol. The van der Waals surface area contributed by atoms with Gasteiger partial charge >= 0.3 is 0 Å². The molecule has 2 heterocycles. The van der Waals surface area contributed by atoms with Crippen molar-refractivity contribution in [2.24, 2.45) is 13.0 Å². The molecule has 0 spiro atoms. The lowest BCUT2D eigenvalue weighted by Crippen LogP contribution is -2.39. The van der Waals surface area contributed by atoms with E-state index in [9.17, 15) is 9.59 Å². The van der Waals surface area contributed by atoms with E-state index >= 15 is 0 Å². The number of hydrogen-bond donors (Lipinski definition) is 0. The second-order valence-corrected chi connectivity index (χ2v) is 7.20. The number of rotatable bonds is 4. The summed E-state index contributed by atoms with van der Waals surface area (Å²) in [5, 5.41) is 0. The zero-order chi connectivity index (χ0) is 18.7. The summed E-state index contributed by atoms with van der Waals surface area (Å²) in [7, 11) is 5.37. The molecule has 0 bridgehead atoms. The zero-order valence-corrected chi connectivity index (χ0v) is 15.7. The average molecular weight is 354 g/mol. The average Bonchev–Trinajstić information content (AvgIpc) is 3.07. The number of aryl methyl sites for hydroxylation is 1. The summed E-state index contributed by atoms with van der Waals surface area (Å²) >= 11 is 0. The monoisotopic (exact) mass is 354 g/mol. The first-order valence-corrected chi connectivity index (χ1v) is 9.03. The SMILES string of the molecule is CN(C)C(=O)c1ccc(CC2CCN(C(=O)c3nccn3C)CC2)cc1. The molecule has 0 N–H and O–H groups in total. The van der Waals surface area contributed by atoms with Crippen LogP contribution in [0.4, 0.5) is 0 Å². The van der Waals surface area contributed by atoms with Gasteiger partial charge in [-0.1, -0.05) is 12.1 Å². The van der Waals surface area contributed by atoms with Crippen LogP contribution in [0.1, 0.15) is 39.4 Å². The predicted octanol–water partition coefficient (Wildman–Crippen LogP) is 2.22. The van der Waals surface area contributed by atoms with Crippen LogP contribution in [0.2, 0.25) is 0 Å². The summed E-state index contributed by atoms with van der Waals surface area (Å²) in [6.07, 6.45) is 6.43. The van der Waals surface area contributed by atoms with Crippen LogP contribution in [0.3, 0.4) is 0 Å². The molecule has 1 aromatic heterocycles. The maximum atomic E-state index is 12.5. The van der Waals surface area contributed by atoms with E-state index < -0.39 is 0 Å². The fourth-order valence-corrected chi connectivity index (χ4v) is 3.43. The Morgan fingerprint density at radius 3 is 2.35 bits per heavy atom. The summed E-state index contributed by atoms with van der Waals surface area (Å²) in [6.45, 7) is 1.54. The number of aromatic nitrogens is 2. The van der Waals surface area contributed by atoms with Crippen molar-refractivity contribution in [2.75, 3.05) is 27.2 Å². The van der Waals surface area contributed by atoms with Crippen LogP contribution >= 0.6 is 0 Å². The molecule has 0 atom stereocenters. The van der Waals surface area contributed by atoms with Gasteiger partial charge in [0.25, 0.3) is 11.8 Å². The van der Waals surface area contributed by atoms with Gasteiger partial charge in [0.05, 0.1) is 0 Å². The van der Waals surface area contributed by atoms with Crippen molar-refractivity contribution < 1.29 is 9.59 Å². The fourth-order valence-electron chi connectivity index (χ4n) is 3.43. The first kappa shape index (κ1) is 18.2. The van der Waals surface area contributed by atoms with Gasteiger partial charge in [-0.3, -0.25) is 9.59 Å². The van der Waals surface area contributed by atoms with Crippen LogP contribution in [0, 0.1) is 5.92 Å².